The van der Waals surface area contributed by atoms with Gasteiger partial charge >= 0.3 is 12.2 Å². The van der Waals surface area contributed by atoms with Gasteiger partial charge < -0.3 is 10.6 Å². The maximum atomic E-state index is 12.8. The number of alkyl halides is 3. The van der Waals surface area contributed by atoms with Crippen molar-refractivity contribution in [3.8, 4) is 0 Å². The summed E-state index contributed by atoms with van der Waals surface area (Å²) < 4.78 is 38.0. The largest absolute Gasteiger partial charge is 0.416 e. The van der Waals surface area contributed by atoms with Crippen LogP contribution in [0.25, 0.3) is 0 Å². The fourth-order valence-corrected chi connectivity index (χ4v) is 3.21. The number of benzene rings is 2. The van der Waals surface area contributed by atoms with Crippen molar-refractivity contribution in [2.24, 2.45) is 0 Å². The van der Waals surface area contributed by atoms with Crippen LogP contribution >= 0.6 is 23.4 Å². The van der Waals surface area contributed by atoms with E-state index < -0.39 is 11.7 Å². The molecule has 0 unspecified atom stereocenters. The molecule has 2 aromatic rings. The third-order valence-electron chi connectivity index (χ3n) is 3.66. The molecule has 0 heterocycles. The number of urea groups is 1. The third-order valence-corrected chi connectivity index (χ3v) is 5.32. The number of hydrogen-bond donors (Lipinski definition) is 2. The van der Waals surface area contributed by atoms with Gasteiger partial charge in [-0.25, -0.2) is 4.79 Å². The molecule has 2 aromatic carbocycles. The Morgan fingerprint density at radius 1 is 1.11 bits per heavy atom. The Hall–Kier alpha value is -1.86. The summed E-state index contributed by atoms with van der Waals surface area (Å²) in [5.41, 5.74) is 0.554. The minimum atomic E-state index is -4.35. The highest BCUT2D eigenvalue weighted by Crippen LogP contribution is 2.32. The molecule has 27 heavy (non-hydrogen) atoms. The molecule has 0 radical (unpaired) electrons. The lowest BCUT2D eigenvalue weighted by molar-refractivity contribution is -0.137. The van der Waals surface area contributed by atoms with Crippen LogP contribution in [-0.4, -0.2) is 17.3 Å². The van der Waals surface area contributed by atoms with Gasteiger partial charge in [0, 0.05) is 27.8 Å². The first kappa shape index (κ1) is 21.4. The monoisotopic (exact) mass is 416 g/mol. The van der Waals surface area contributed by atoms with Gasteiger partial charge in [0.2, 0.25) is 0 Å². The number of rotatable bonds is 6. The van der Waals surface area contributed by atoms with Crippen molar-refractivity contribution in [3.63, 3.8) is 0 Å². The average Bonchev–Trinajstić information content (AvgIpc) is 2.60. The summed E-state index contributed by atoms with van der Waals surface area (Å²) in [4.78, 5) is 12.0. The van der Waals surface area contributed by atoms with Gasteiger partial charge in [-0.3, -0.25) is 0 Å². The Morgan fingerprint density at radius 3 is 2.41 bits per heavy atom. The number of thioether (sulfide) groups is 1. The van der Waals surface area contributed by atoms with Gasteiger partial charge in [0.15, 0.2) is 0 Å². The SMILES string of the molecule is CC(C)(CNC(=O)Nc1ccc(Cl)cc1)SCc1cccc(C(F)(F)F)c1. The summed E-state index contributed by atoms with van der Waals surface area (Å²) in [6.07, 6.45) is -4.35. The first-order valence-corrected chi connectivity index (χ1v) is 9.52. The summed E-state index contributed by atoms with van der Waals surface area (Å²) >= 11 is 7.27. The van der Waals surface area contributed by atoms with E-state index in [1.165, 1.54) is 17.8 Å². The van der Waals surface area contributed by atoms with E-state index in [9.17, 15) is 18.0 Å². The van der Waals surface area contributed by atoms with E-state index >= 15 is 0 Å². The topological polar surface area (TPSA) is 41.1 Å². The molecule has 0 spiro atoms. The molecule has 2 N–H and O–H groups in total. The Morgan fingerprint density at radius 2 is 1.78 bits per heavy atom. The number of hydrogen-bond acceptors (Lipinski definition) is 2. The molecule has 0 aliphatic carbocycles. The standard InChI is InChI=1S/C19H20ClF3N2OS/c1-18(2,12-24-17(26)25-16-8-6-15(20)7-9-16)27-11-13-4-3-5-14(10-13)19(21,22)23/h3-10H,11-12H2,1-2H3,(H2,24,25,26). The van der Waals surface area contributed by atoms with Gasteiger partial charge in [-0.2, -0.15) is 13.2 Å². The predicted molar refractivity (Wildman–Crippen MR) is 105 cm³/mol. The van der Waals surface area contributed by atoms with E-state index in [0.29, 0.717) is 28.6 Å². The van der Waals surface area contributed by atoms with Crippen molar-refractivity contribution >= 4 is 35.1 Å². The second-order valence-electron chi connectivity index (χ2n) is 6.56. The molecule has 2 rings (SSSR count). The highest BCUT2D eigenvalue weighted by Gasteiger charge is 2.30. The second kappa shape index (κ2) is 8.89. The van der Waals surface area contributed by atoms with Crippen molar-refractivity contribution < 1.29 is 18.0 Å². The maximum Gasteiger partial charge on any atom is 0.416 e. The van der Waals surface area contributed by atoms with Crippen molar-refractivity contribution in [2.45, 2.75) is 30.5 Å². The van der Waals surface area contributed by atoms with Gasteiger partial charge in [0.1, 0.15) is 0 Å². The van der Waals surface area contributed by atoms with Gasteiger partial charge in [-0.15, -0.1) is 11.8 Å². The molecular weight excluding hydrogens is 397 g/mol. The highest BCUT2D eigenvalue weighted by atomic mass is 35.5. The minimum Gasteiger partial charge on any atom is -0.336 e. The fourth-order valence-electron chi connectivity index (χ4n) is 2.17. The zero-order valence-electron chi connectivity index (χ0n) is 14.9. The number of nitrogens with one attached hydrogen (secondary N) is 2. The average molecular weight is 417 g/mol. The normalized spacial score (nSPS) is 11.9. The Labute approximate surface area is 165 Å². The van der Waals surface area contributed by atoms with E-state index in [2.05, 4.69) is 10.6 Å². The number of carbonyl (C=O) groups excluding carboxylic acids is 1. The Kier molecular flexibility index (Phi) is 7.06. The zero-order chi connectivity index (χ0) is 20.1. The van der Waals surface area contributed by atoms with Crippen molar-refractivity contribution in [1.29, 1.82) is 0 Å². The summed E-state index contributed by atoms with van der Waals surface area (Å²) in [5, 5.41) is 6.05. The molecule has 0 aliphatic heterocycles. The summed E-state index contributed by atoms with van der Waals surface area (Å²) in [7, 11) is 0. The van der Waals surface area contributed by atoms with Crippen LogP contribution in [0, 0.1) is 0 Å². The lowest BCUT2D eigenvalue weighted by atomic mass is 10.1. The molecule has 0 saturated carbocycles. The minimum absolute atomic E-state index is 0.356. The molecule has 0 aliphatic rings. The number of amides is 2. The lowest BCUT2D eigenvalue weighted by Crippen LogP contribution is -2.38. The van der Waals surface area contributed by atoms with E-state index in [1.807, 2.05) is 13.8 Å². The maximum absolute atomic E-state index is 12.8. The van der Waals surface area contributed by atoms with E-state index in [1.54, 1.807) is 30.3 Å². The Balaban J connectivity index is 1.84. The summed E-state index contributed by atoms with van der Waals surface area (Å²) in [6.45, 7) is 4.21. The molecule has 0 bridgehead atoms. The van der Waals surface area contributed by atoms with E-state index in [4.69, 9.17) is 11.6 Å². The Bertz CT molecular complexity index is 779. The molecule has 146 valence electrons. The quantitative estimate of drug-likeness (QED) is 0.589. The number of anilines is 1. The zero-order valence-corrected chi connectivity index (χ0v) is 16.4. The molecule has 2 amide bonds. The van der Waals surface area contributed by atoms with Gasteiger partial charge in [0.25, 0.3) is 0 Å². The van der Waals surface area contributed by atoms with Crippen molar-refractivity contribution in [1.82, 2.24) is 5.32 Å². The van der Waals surface area contributed by atoms with E-state index in [0.717, 1.165) is 12.1 Å². The first-order valence-electron chi connectivity index (χ1n) is 8.16. The summed E-state index contributed by atoms with van der Waals surface area (Å²) in [5.74, 6) is 0.414. The smallest absolute Gasteiger partial charge is 0.336 e. The van der Waals surface area contributed by atoms with Crippen LogP contribution in [0.4, 0.5) is 23.7 Å². The van der Waals surface area contributed by atoms with Crippen LogP contribution in [0.2, 0.25) is 5.02 Å². The predicted octanol–water partition coefficient (Wildman–Crippen LogP) is 6.19. The second-order valence-corrected chi connectivity index (χ2v) is 8.68. The highest BCUT2D eigenvalue weighted by molar-refractivity contribution is 7.99. The van der Waals surface area contributed by atoms with Gasteiger partial charge in [0.05, 0.1) is 5.56 Å². The molecule has 0 saturated heterocycles. The fraction of sp³-hybridized carbons (Fsp3) is 0.316. The van der Waals surface area contributed by atoms with Crippen LogP contribution in [0.3, 0.4) is 0 Å². The molecule has 0 atom stereocenters. The number of halogens is 4. The summed E-state index contributed by atoms with van der Waals surface area (Å²) in [6, 6.07) is 11.7. The van der Waals surface area contributed by atoms with E-state index in [-0.39, 0.29) is 10.8 Å². The molecule has 8 heteroatoms. The first-order chi connectivity index (χ1) is 12.5. The molecule has 0 fully saturated rings. The van der Waals surface area contributed by atoms with Crippen molar-refractivity contribution in [3.05, 3.63) is 64.7 Å². The lowest BCUT2D eigenvalue weighted by Gasteiger charge is -2.24. The van der Waals surface area contributed by atoms with Gasteiger partial charge in [-0.05, 0) is 49.7 Å². The molecule has 0 aromatic heterocycles. The molecule has 3 nitrogen and oxygen atoms in total. The number of carbonyl (C=O) groups is 1. The van der Waals surface area contributed by atoms with Crippen LogP contribution < -0.4 is 10.6 Å². The van der Waals surface area contributed by atoms with Crippen LogP contribution in [0.1, 0.15) is 25.0 Å². The van der Waals surface area contributed by atoms with Gasteiger partial charge in [-0.1, -0.05) is 29.8 Å². The van der Waals surface area contributed by atoms with Crippen molar-refractivity contribution in [2.75, 3.05) is 11.9 Å². The van der Waals surface area contributed by atoms with Crippen LogP contribution in [0.5, 0.6) is 0 Å². The third kappa shape index (κ3) is 7.34. The van der Waals surface area contributed by atoms with Crippen LogP contribution in [-0.2, 0) is 11.9 Å². The van der Waals surface area contributed by atoms with Crippen LogP contribution in [0.15, 0.2) is 48.5 Å². The molecular formula is C19H20ClF3N2OS.